The van der Waals surface area contributed by atoms with Crippen LogP contribution >= 0.6 is 0 Å². The minimum Gasteiger partial charge on any atom is -0.353 e. The fourth-order valence-corrected chi connectivity index (χ4v) is 3.97. The number of aromatic nitrogens is 2. The zero-order valence-corrected chi connectivity index (χ0v) is 19.1. The molecule has 0 bridgehead atoms. The highest BCUT2D eigenvalue weighted by atomic mass is 16.5. The van der Waals surface area contributed by atoms with E-state index in [4.69, 9.17) is 4.52 Å². The van der Waals surface area contributed by atoms with E-state index >= 15 is 0 Å². The van der Waals surface area contributed by atoms with Gasteiger partial charge in [-0.1, -0.05) is 63.5 Å². The topological polar surface area (TPSA) is 71.3 Å². The molecule has 2 heterocycles. The SMILES string of the molecule is CCCC(C)NC(=O)C1CCN(Cc2nc(-c3ccc(C(C)(C)C)cc3)no2)CC1. The summed E-state index contributed by atoms with van der Waals surface area (Å²) in [5, 5.41) is 7.31. The molecule has 1 atom stereocenters. The van der Waals surface area contributed by atoms with Gasteiger partial charge in [0.25, 0.3) is 0 Å². The van der Waals surface area contributed by atoms with Crippen LogP contribution in [0, 0.1) is 5.92 Å². The van der Waals surface area contributed by atoms with Gasteiger partial charge in [0.2, 0.25) is 17.6 Å². The van der Waals surface area contributed by atoms with Crippen LogP contribution in [0.25, 0.3) is 11.4 Å². The van der Waals surface area contributed by atoms with E-state index in [0.29, 0.717) is 18.3 Å². The molecule has 6 nitrogen and oxygen atoms in total. The summed E-state index contributed by atoms with van der Waals surface area (Å²) in [5.41, 5.74) is 2.37. The molecule has 0 aliphatic carbocycles. The van der Waals surface area contributed by atoms with Crippen molar-refractivity contribution in [3.63, 3.8) is 0 Å². The van der Waals surface area contributed by atoms with Crippen LogP contribution in [-0.4, -0.2) is 40.1 Å². The summed E-state index contributed by atoms with van der Waals surface area (Å²) in [6.45, 7) is 13.2. The number of amides is 1. The number of nitrogens with one attached hydrogen (secondary N) is 1. The number of hydrogen-bond donors (Lipinski definition) is 1. The van der Waals surface area contributed by atoms with E-state index in [1.165, 1.54) is 5.56 Å². The van der Waals surface area contributed by atoms with Crippen LogP contribution in [0.15, 0.2) is 28.8 Å². The molecule has 1 aromatic heterocycles. The average molecular weight is 413 g/mol. The molecule has 164 valence electrons. The van der Waals surface area contributed by atoms with Gasteiger partial charge < -0.3 is 9.84 Å². The molecule has 1 saturated heterocycles. The van der Waals surface area contributed by atoms with E-state index < -0.39 is 0 Å². The van der Waals surface area contributed by atoms with Crippen molar-refractivity contribution in [3.05, 3.63) is 35.7 Å². The number of piperidine rings is 1. The fraction of sp³-hybridized carbons (Fsp3) is 0.625. The summed E-state index contributed by atoms with van der Waals surface area (Å²) >= 11 is 0. The normalized spacial score (nSPS) is 17.1. The van der Waals surface area contributed by atoms with Crippen LogP contribution in [0.3, 0.4) is 0 Å². The van der Waals surface area contributed by atoms with Crippen molar-refractivity contribution in [2.75, 3.05) is 13.1 Å². The first-order valence-corrected chi connectivity index (χ1v) is 11.2. The summed E-state index contributed by atoms with van der Waals surface area (Å²) in [4.78, 5) is 19.3. The van der Waals surface area contributed by atoms with Crippen molar-refractivity contribution in [2.24, 2.45) is 5.92 Å². The second-order valence-corrected chi connectivity index (χ2v) is 9.59. The molecule has 1 N–H and O–H groups in total. The van der Waals surface area contributed by atoms with Crippen molar-refractivity contribution in [2.45, 2.75) is 78.3 Å². The first-order valence-electron chi connectivity index (χ1n) is 11.2. The van der Waals surface area contributed by atoms with Gasteiger partial charge in [0.15, 0.2) is 0 Å². The number of carbonyl (C=O) groups is 1. The molecule has 1 amide bonds. The summed E-state index contributed by atoms with van der Waals surface area (Å²) in [7, 11) is 0. The maximum absolute atomic E-state index is 12.4. The third-order valence-corrected chi connectivity index (χ3v) is 5.90. The van der Waals surface area contributed by atoms with E-state index in [9.17, 15) is 4.79 Å². The first-order chi connectivity index (χ1) is 14.3. The Morgan fingerprint density at radius 1 is 1.23 bits per heavy atom. The lowest BCUT2D eigenvalue weighted by atomic mass is 9.87. The van der Waals surface area contributed by atoms with Gasteiger partial charge in [0.05, 0.1) is 6.54 Å². The van der Waals surface area contributed by atoms with Crippen LogP contribution in [0.2, 0.25) is 0 Å². The summed E-state index contributed by atoms with van der Waals surface area (Å²) in [6, 6.07) is 8.62. The first kappa shape index (κ1) is 22.5. The minimum atomic E-state index is 0.111. The molecule has 1 aliphatic heterocycles. The molecule has 3 rings (SSSR count). The minimum absolute atomic E-state index is 0.111. The molecule has 1 fully saturated rings. The predicted octanol–water partition coefficient (Wildman–Crippen LogP) is 4.55. The van der Waals surface area contributed by atoms with Crippen LogP contribution < -0.4 is 5.32 Å². The van der Waals surface area contributed by atoms with Gasteiger partial charge in [0, 0.05) is 17.5 Å². The third kappa shape index (κ3) is 5.91. The van der Waals surface area contributed by atoms with E-state index in [-0.39, 0.29) is 23.3 Å². The molecular weight excluding hydrogens is 376 g/mol. The Hall–Kier alpha value is -2.21. The number of nitrogens with zero attached hydrogens (tertiary/aromatic N) is 3. The highest BCUT2D eigenvalue weighted by Crippen LogP contribution is 2.25. The Bertz CT molecular complexity index is 814. The van der Waals surface area contributed by atoms with Gasteiger partial charge in [-0.3, -0.25) is 9.69 Å². The molecule has 30 heavy (non-hydrogen) atoms. The highest BCUT2D eigenvalue weighted by Gasteiger charge is 2.26. The largest absolute Gasteiger partial charge is 0.353 e. The molecule has 1 aliphatic rings. The zero-order valence-electron chi connectivity index (χ0n) is 19.1. The summed E-state index contributed by atoms with van der Waals surface area (Å²) in [6.07, 6.45) is 3.87. The van der Waals surface area contributed by atoms with Crippen molar-refractivity contribution in [1.82, 2.24) is 20.4 Å². The van der Waals surface area contributed by atoms with Gasteiger partial charge in [-0.2, -0.15) is 4.98 Å². The number of likely N-dealkylation sites (tertiary alicyclic amines) is 1. The maximum Gasteiger partial charge on any atom is 0.241 e. The molecule has 1 unspecified atom stereocenters. The van der Waals surface area contributed by atoms with E-state index in [1.54, 1.807) is 0 Å². The fourth-order valence-electron chi connectivity index (χ4n) is 3.97. The smallest absolute Gasteiger partial charge is 0.241 e. The molecule has 1 aromatic carbocycles. The molecule has 2 aromatic rings. The quantitative estimate of drug-likeness (QED) is 0.722. The lowest BCUT2D eigenvalue weighted by molar-refractivity contribution is -0.127. The zero-order chi connectivity index (χ0) is 21.7. The second kappa shape index (κ2) is 9.73. The van der Waals surface area contributed by atoms with Gasteiger partial charge >= 0.3 is 0 Å². The van der Waals surface area contributed by atoms with Crippen LogP contribution in [-0.2, 0) is 16.8 Å². The van der Waals surface area contributed by atoms with E-state index in [2.05, 4.69) is 79.2 Å². The van der Waals surface area contributed by atoms with E-state index in [1.807, 2.05) is 0 Å². The highest BCUT2D eigenvalue weighted by molar-refractivity contribution is 5.79. The molecule has 0 spiro atoms. The van der Waals surface area contributed by atoms with Crippen LogP contribution in [0.1, 0.15) is 71.8 Å². The second-order valence-electron chi connectivity index (χ2n) is 9.59. The number of rotatable bonds is 7. The standard InChI is InChI=1S/C24H36N4O2/c1-6-7-17(2)25-23(29)19-12-14-28(15-13-19)16-21-26-22(27-30-21)18-8-10-20(11-9-18)24(3,4)5/h8-11,17,19H,6-7,12-16H2,1-5H3,(H,25,29). The number of benzene rings is 1. The van der Waals surface area contributed by atoms with Gasteiger partial charge in [-0.05, 0) is 50.3 Å². The average Bonchev–Trinajstić information content (AvgIpc) is 3.16. The Morgan fingerprint density at radius 3 is 2.50 bits per heavy atom. The lowest BCUT2D eigenvalue weighted by Gasteiger charge is -2.30. The van der Waals surface area contributed by atoms with Crippen molar-refractivity contribution >= 4 is 5.91 Å². The van der Waals surface area contributed by atoms with Gasteiger partial charge in [-0.25, -0.2) is 0 Å². The van der Waals surface area contributed by atoms with Gasteiger partial charge in [-0.15, -0.1) is 0 Å². The summed E-state index contributed by atoms with van der Waals surface area (Å²) < 4.78 is 5.49. The Labute approximate surface area is 180 Å². The van der Waals surface area contributed by atoms with Crippen molar-refractivity contribution < 1.29 is 9.32 Å². The Morgan fingerprint density at radius 2 is 1.90 bits per heavy atom. The third-order valence-electron chi connectivity index (χ3n) is 5.90. The summed E-state index contributed by atoms with van der Waals surface area (Å²) in [5.74, 6) is 1.57. The molecule has 6 heteroatoms. The van der Waals surface area contributed by atoms with E-state index in [0.717, 1.165) is 44.3 Å². The monoisotopic (exact) mass is 412 g/mol. The number of carbonyl (C=O) groups excluding carboxylic acids is 1. The predicted molar refractivity (Wildman–Crippen MR) is 119 cm³/mol. The van der Waals surface area contributed by atoms with Crippen LogP contribution in [0.4, 0.5) is 0 Å². The van der Waals surface area contributed by atoms with Crippen molar-refractivity contribution in [1.29, 1.82) is 0 Å². The Kier molecular flexibility index (Phi) is 7.29. The maximum atomic E-state index is 12.4. The molecular formula is C24H36N4O2. The molecule has 0 radical (unpaired) electrons. The molecule has 0 saturated carbocycles. The van der Waals surface area contributed by atoms with Crippen molar-refractivity contribution in [3.8, 4) is 11.4 Å². The van der Waals surface area contributed by atoms with Gasteiger partial charge in [0.1, 0.15) is 0 Å². The van der Waals surface area contributed by atoms with Crippen LogP contribution in [0.5, 0.6) is 0 Å². The number of hydrogen-bond acceptors (Lipinski definition) is 5. The Balaban J connectivity index is 1.51. The lowest BCUT2D eigenvalue weighted by Crippen LogP contribution is -2.42.